The van der Waals surface area contributed by atoms with Gasteiger partial charge in [0.25, 0.3) is 5.91 Å². The van der Waals surface area contributed by atoms with Crippen LogP contribution >= 0.6 is 15.9 Å². The molecule has 0 spiro atoms. The minimum Gasteiger partial charge on any atom is -0.456 e. The molecule has 1 aliphatic rings. The Kier molecular flexibility index (Phi) is 6.18. The van der Waals surface area contributed by atoms with Crippen LogP contribution in [0.5, 0.6) is 11.5 Å². The van der Waals surface area contributed by atoms with Gasteiger partial charge in [-0.3, -0.25) is 4.79 Å². The number of carbonyl (C=O) groups excluding carboxylic acids is 1. The number of sulfonamides is 1. The van der Waals surface area contributed by atoms with E-state index in [2.05, 4.69) is 15.9 Å². The van der Waals surface area contributed by atoms with Crippen molar-refractivity contribution < 1.29 is 17.9 Å². The Morgan fingerprint density at radius 2 is 1.78 bits per heavy atom. The number of rotatable bonds is 5. The van der Waals surface area contributed by atoms with Gasteiger partial charge in [-0.05, 0) is 37.3 Å². The third-order valence-corrected chi connectivity index (χ3v) is 6.80. The second-order valence-electron chi connectivity index (χ2n) is 6.15. The quantitative estimate of drug-likeness (QED) is 0.697. The lowest BCUT2D eigenvalue weighted by molar-refractivity contribution is 0.0695. The van der Waals surface area contributed by atoms with Crippen LogP contribution in [0.1, 0.15) is 17.3 Å². The smallest absolute Gasteiger partial charge is 0.257 e. The first-order valence-electron chi connectivity index (χ1n) is 8.70. The monoisotopic (exact) mass is 452 g/mol. The highest BCUT2D eigenvalue weighted by atomic mass is 79.9. The molecular formula is C19H21BrN2O4S. The Bertz CT molecular complexity index is 925. The van der Waals surface area contributed by atoms with E-state index in [1.165, 1.54) is 4.31 Å². The third-order valence-electron chi connectivity index (χ3n) is 4.43. The molecule has 0 aliphatic carbocycles. The van der Waals surface area contributed by atoms with E-state index in [4.69, 9.17) is 4.74 Å². The van der Waals surface area contributed by atoms with E-state index in [9.17, 15) is 13.2 Å². The van der Waals surface area contributed by atoms with Gasteiger partial charge in [0.2, 0.25) is 10.0 Å². The van der Waals surface area contributed by atoms with Crippen molar-refractivity contribution in [1.82, 2.24) is 9.21 Å². The van der Waals surface area contributed by atoms with Crippen molar-refractivity contribution in [2.75, 3.05) is 31.9 Å². The van der Waals surface area contributed by atoms with Crippen molar-refractivity contribution in [2.45, 2.75) is 6.92 Å². The largest absolute Gasteiger partial charge is 0.456 e. The second-order valence-corrected chi connectivity index (χ2v) is 9.32. The summed E-state index contributed by atoms with van der Waals surface area (Å²) in [6.45, 7) is 2.99. The van der Waals surface area contributed by atoms with Crippen molar-refractivity contribution >= 4 is 31.9 Å². The SMILES string of the molecule is CCS(=O)(=O)N1CCN(C(=O)c2ccccc2Oc2cccc(Br)c2)CC1. The summed E-state index contributed by atoms with van der Waals surface area (Å²) in [4.78, 5) is 14.6. The predicted molar refractivity (Wildman–Crippen MR) is 108 cm³/mol. The Hall–Kier alpha value is -1.90. The van der Waals surface area contributed by atoms with Gasteiger partial charge in [-0.25, -0.2) is 8.42 Å². The maximum atomic E-state index is 13.0. The molecule has 0 bridgehead atoms. The highest BCUT2D eigenvalue weighted by Crippen LogP contribution is 2.28. The topological polar surface area (TPSA) is 66.9 Å². The van der Waals surface area contributed by atoms with Gasteiger partial charge in [0.05, 0.1) is 11.3 Å². The average molecular weight is 453 g/mol. The van der Waals surface area contributed by atoms with Crippen LogP contribution in [-0.4, -0.2) is 55.5 Å². The summed E-state index contributed by atoms with van der Waals surface area (Å²) in [7, 11) is -3.22. The minimum atomic E-state index is -3.22. The zero-order chi connectivity index (χ0) is 19.4. The summed E-state index contributed by atoms with van der Waals surface area (Å²) in [6.07, 6.45) is 0. The molecule has 1 fully saturated rings. The number of amides is 1. The van der Waals surface area contributed by atoms with E-state index >= 15 is 0 Å². The zero-order valence-corrected chi connectivity index (χ0v) is 17.4. The fourth-order valence-corrected chi connectivity index (χ4v) is 4.38. The molecule has 2 aromatic rings. The summed E-state index contributed by atoms with van der Waals surface area (Å²) >= 11 is 3.40. The number of ether oxygens (including phenoxy) is 1. The lowest BCUT2D eigenvalue weighted by Crippen LogP contribution is -2.50. The molecule has 0 N–H and O–H groups in total. The molecule has 0 atom stereocenters. The van der Waals surface area contributed by atoms with Crippen LogP contribution in [0.25, 0.3) is 0 Å². The van der Waals surface area contributed by atoms with Crippen molar-refractivity contribution in [3.63, 3.8) is 0 Å². The van der Waals surface area contributed by atoms with Crippen LogP contribution < -0.4 is 4.74 Å². The maximum absolute atomic E-state index is 13.0. The molecule has 2 aromatic carbocycles. The molecule has 1 saturated heterocycles. The molecule has 0 aromatic heterocycles. The number of para-hydroxylation sites is 1. The minimum absolute atomic E-state index is 0.0737. The number of nitrogens with zero attached hydrogens (tertiary/aromatic N) is 2. The molecule has 27 heavy (non-hydrogen) atoms. The molecule has 6 nitrogen and oxygen atoms in total. The fraction of sp³-hybridized carbons (Fsp3) is 0.316. The molecule has 0 saturated carbocycles. The summed E-state index contributed by atoms with van der Waals surface area (Å²) < 4.78 is 32.2. The summed E-state index contributed by atoms with van der Waals surface area (Å²) in [6, 6.07) is 14.5. The van der Waals surface area contributed by atoms with E-state index in [0.717, 1.165) is 4.47 Å². The van der Waals surface area contributed by atoms with Gasteiger partial charge in [0, 0.05) is 30.7 Å². The van der Waals surface area contributed by atoms with Gasteiger partial charge in [-0.2, -0.15) is 4.31 Å². The van der Waals surface area contributed by atoms with Crippen molar-refractivity contribution in [2.24, 2.45) is 0 Å². The highest BCUT2D eigenvalue weighted by Gasteiger charge is 2.29. The fourth-order valence-electron chi connectivity index (χ4n) is 2.91. The number of hydrogen-bond donors (Lipinski definition) is 0. The van der Waals surface area contributed by atoms with E-state index in [1.54, 1.807) is 30.0 Å². The molecule has 1 aliphatic heterocycles. The lowest BCUT2D eigenvalue weighted by Gasteiger charge is -2.34. The standard InChI is InChI=1S/C19H21BrN2O4S/c1-2-27(24,25)22-12-10-21(11-13-22)19(23)17-8-3-4-9-18(17)26-16-7-5-6-15(20)14-16/h3-9,14H,2,10-13H2,1H3. The maximum Gasteiger partial charge on any atom is 0.257 e. The summed E-state index contributed by atoms with van der Waals surface area (Å²) in [5, 5.41) is 0. The van der Waals surface area contributed by atoms with Crippen molar-refractivity contribution in [3.8, 4) is 11.5 Å². The number of carbonyl (C=O) groups is 1. The van der Waals surface area contributed by atoms with Gasteiger partial charge in [0.1, 0.15) is 11.5 Å². The van der Waals surface area contributed by atoms with Crippen molar-refractivity contribution in [3.05, 3.63) is 58.6 Å². The van der Waals surface area contributed by atoms with Crippen molar-refractivity contribution in [1.29, 1.82) is 0 Å². The predicted octanol–water partition coefficient (Wildman–Crippen LogP) is 3.35. The number of benzene rings is 2. The second kappa shape index (κ2) is 8.41. The number of halogens is 1. The van der Waals surface area contributed by atoms with Gasteiger partial charge < -0.3 is 9.64 Å². The Balaban J connectivity index is 1.75. The van der Waals surface area contributed by atoms with Crippen LogP contribution in [-0.2, 0) is 10.0 Å². The van der Waals surface area contributed by atoms with E-state index < -0.39 is 10.0 Å². The first-order valence-corrected chi connectivity index (χ1v) is 11.1. The Morgan fingerprint density at radius 3 is 2.44 bits per heavy atom. The first-order chi connectivity index (χ1) is 12.9. The van der Waals surface area contributed by atoms with Gasteiger partial charge >= 0.3 is 0 Å². The summed E-state index contributed by atoms with van der Waals surface area (Å²) in [5.74, 6) is 1.02. The van der Waals surface area contributed by atoms with Gasteiger partial charge in [0.15, 0.2) is 0 Å². The molecule has 0 radical (unpaired) electrons. The molecule has 144 valence electrons. The lowest BCUT2D eigenvalue weighted by atomic mass is 10.1. The van der Waals surface area contributed by atoms with E-state index in [1.807, 2.05) is 30.3 Å². The average Bonchev–Trinajstić information content (AvgIpc) is 2.68. The highest BCUT2D eigenvalue weighted by molar-refractivity contribution is 9.10. The third kappa shape index (κ3) is 4.69. The molecular weight excluding hydrogens is 432 g/mol. The molecule has 8 heteroatoms. The van der Waals surface area contributed by atoms with Gasteiger partial charge in [-0.15, -0.1) is 0 Å². The van der Waals surface area contributed by atoms with Crippen LogP contribution in [0.2, 0.25) is 0 Å². The molecule has 1 amide bonds. The molecule has 3 rings (SSSR count). The van der Waals surface area contributed by atoms with E-state index in [-0.39, 0.29) is 11.7 Å². The van der Waals surface area contributed by atoms with E-state index in [0.29, 0.717) is 43.2 Å². The van der Waals surface area contributed by atoms with Crippen LogP contribution in [0.3, 0.4) is 0 Å². The normalized spacial score (nSPS) is 15.6. The van der Waals surface area contributed by atoms with Crippen LogP contribution in [0.4, 0.5) is 0 Å². The Morgan fingerprint density at radius 1 is 1.07 bits per heavy atom. The molecule has 0 unspecified atom stereocenters. The van der Waals surface area contributed by atoms with Crippen LogP contribution in [0, 0.1) is 0 Å². The first kappa shape index (κ1) is 19.9. The number of hydrogen-bond acceptors (Lipinski definition) is 4. The van der Waals surface area contributed by atoms with Crippen LogP contribution in [0.15, 0.2) is 53.0 Å². The summed E-state index contributed by atoms with van der Waals surface area (Å²) in [5.41, 5.74) is 0.462. The van der Waals surface area contributed by atoms with Gasteiger partial charge in [-0.1, -0.05) is 34.1 Å². The zero-order valence-electron chi connectivity index (χ0n) is 15.0. The molecule has 1 heterocycles. The Labute approximate surface area is 167 Å². The number of piperazine rings is 1.